The molecule has 2 aromatic rings. The van der Waals surface area contributed by atoms with Crippen molar-refractivity contribution in [1.82, 2.24) is 9.21 Å². The second kappa shape index (κ2) is 8.78. The summed E-state index contributed by atoms with van der Waals surface area (Å²) in [6.07, 6.45) is 0.0503. The molecule has 3 rings (SSSR count). The maximum absolute atomic E-state index is 13.0. The first-order valence-electron chi connectivity index (χ1n) is 9.36. The van der Waals surface area contributed by atoms with E-state index in [1.165, 1.54) is 45.6 Å². The SMILES string of the molecule is Cc1ccc([N+](=O)[O-])cc1S(=O)(=O)N1CCN(C(=O)Cc2ccc([N+](=O)[O-])cc2)CC1. The zero-order valence-electron chi connectivity index (χ0n) is 16.6. The van der Waals surface area contributed by atoms with E-state index in [9.17, 15) is 33.4 Å². The van der Waals surface area contributed by atoms with Crippen LogP contribution in [0.5, 0.6) is 0 Å². The van der Waals surface area contributed by atoms with Gasteiger partial charge in [0, 0.05) is 50.4 Å². The van der Waals surface area contributed by atoms with Crippen molar-refractivity contribution in [2.75, 3.05) is 26.2 Å². The molecule has 0 atom stereocenters. The minimum atomic E-state index is -3.94. The first-order chi connectivity index (χ1) is 14.6. The van der Waals surface area contributed by atoms with E-state index in [0.717, 1.165) is 6.07 Å². The highest BCUT2D eigenvalue weighted by atomic mass is 32.2. The molecule has 1 fully saturated rings. The standard InChI is InChI=1S/C19H20N4O7S/c1-14-2-5-17(23(27)28)13-18(14)31(29,30)21-10-8-20(9-11-21)19(24)12-15-3-6-16(7-4-15)22(25)26/h2-7,13H,8-12H2,1H3. The summed E-state index contributed by atoms with van der Waals surface area (Å²) >= 11 is 0. The summed E-state index contributed by atoms with van der Waals surface area (Å²) in [5.41, 5.74) is 0.660. The molecule has 2 aromatic carbocycles. The average Bonchev–Trinajstić information content (AvgIpc) is 2.74. The first kappa shape index (κ1) is 22.3. The van der Waals surface area contributed by atoms with E-state index in [1.54, 1.807) is 6.92 Å². The van der Waals surface area contributed by atoms with Crippen molar-refractivity contribution in [3.8, 4) is 0 Å². The molecule has 1 aliphatic heterocycles. The summed E-state index contributed by atoms with van der Waals surface area (Å²) < 4.78 is 27.2. The summed E-state index contributed by atoms with van der Waals surface area (Å²) in [5.74, 6) is -0.211. The van der Waals surface area contributed by atoms with Crippen molar-refractivity contribution < 1.29 is 23.1 Å². The quantitative estimate of drug-likeness (QED) is 0.485. The number of nitrogens with zero attached hydrogens (tertiary/aromatic N) is 4. The van der Waals surface area contributed by atoms with Crippen LogP contribution in [0.1, 0.15) is 11.1 Å². The Morgan fingerprint density at radius 1 is 0.935 bits per heavy atom. The predicted molar refractivity (Wildman–Crippen MR) is 110 cm³/mol. The highest BCUT2D eigenvalue weighted by Gasteiger charge is 2.32. The van der Waals surface area contributed by atoms with E-state index in [-0.39, 0.29) is 54.8 Å². The van der Waals surface area contributed by atoms with Gasteiger partial charge in [-0.1, -0.05) is 18.2 Å². The molecule has 31 heavy (non-hydrogen) atoms. The summed E-state index contributed by atoms with van der Waals surface area (Å²) in [6.45, 7) is 2.06. The lowest BCUT2D eigenvalue weighted by molar-refractivity contribution is -0.385. The van der Waals surface area contributed by atoms with Crippen molar-refractivity contribution in [1.29, 1.82) is 0 Å². The van der Waals surface area contributed by atoms with Gasteiger partial charge in [0.25, 0.3) is 11.4 Å². The van der Waals surface area contributed by atoms with Crippen LogP contribution in [0, 0.1) is 27.2 Å². The highest BCUT2D eigenvalue weighted by molar-refractivity contribution is 7.89. The third kappa shape index (κ3) is 4.86. The molecular weight excluding hydrogens is 428 g/mol. The zero-order valence-corrected chi connectivity index (χ0v) is 17.4. The van der Waals surface area contributed by atoms with Gasteiger partial charge in [0.2, 0.25) is 15.9 Å². The Kier molecular flexibility index (Phi) is 6.32. The van der Waals surface area contributed by atoms with E-state index in [4.69, 9.17) is 0 Å². The molecule has 1 saturated heterocycles. The number of non-ortho nitro benzene ring substituents is 2. The molecule has 0 aliphatic carbocycles. The third-order valence-corrected chi connectivity index (χ3v) is 7.13. The highest BCUT2D eigenvalue weighted by Crippen LogP contribution is 2.25. The minimum Gasteiger partial charge on any atom is -0.340 e. The van der Waals surface area contributed by atoms with Crippen LogP contribution >= 0.6 is 0 Å². The molecule has 0 spiro atoms. The van der Waals surface area contributed by atoms with E-state index in [0.29, 0.717) is 11.1 Å². The smallest absolute Gasteiger partial charge is 0.270 e. The van der Waals surface area contributed by atoms with Crippen LogP contribution in [0.25, 0.3) is 0 Å². The van der Waals surface area contributed by atoms with E-state index >= 15 is 0 Å². The summed E-state index contributed by atoms with van der Waals surface area (Å²) in [5, 5.41) is 21.7. The number of carbonyl (C=O) groups is 1. The van der Waals surface area contributed by atoms with Gasteiger partial charge in [0.1, 0.15) is 0 Å². The number of nitro benzene ring substituents is 2. The Morgan fingerprint density at radius 2 is 1.48 bits per heavy atom. The van der Waals surface area contributed by atoms with Gasteiger partial charge in [-0.05, 0) is 18.1 Å². The van der Waals surface area contributed by atoms with Crippen molar-refractivity contribution in [2.45, 2.75) is 18.2 Å². The fourth-order valence-corrected chi connectivity index (χ4v) is 4.99. The molecule has 1 aliphatic rings. The minimum absolute atomic E-state index is 0.0503. The topological polar surface area (TPSA) is 144 Å². The Balaban J connectivity index is 1.66. The van der Waals surface area contributed by atoms with Gasteiger partial charge in [0.05, 0.1) is 21.2 Å². The number of benzene rings is 2. The van der Waals surface area contributed by atoms with Gasteiger partial charge < -0.3 is 4.90 Å². The maximum Gasteiger partial charge on any atom is 0.270 e. The monoisotopic (exact) mass is 448 g/mol. The van der Waals surface area contributed by atoms with Crippen molar-refractivity contribution in [2.24, 2.45) is 0 Å². The fraction of sp³-hybridized carbons (Fsp3) is 0.316. The van der Waals surface area contributed by atoms with Crippen LogP contribution in [-0.4, -0.2) is 59.6 Å². The lowest BCUT2D eigenvalue weighted by Gasteiger charge is -2.34. The number of amides is 1. The van der Waals surface area contributed by atoms with Crippen molar-refractivity contribution in [3.05, 3.63) is 73.8 Å². The van der Waals surface area contributed by atoms with Crippen molar-refractivity contribution in [3.63, 3.8) is 0 Å². The number of piperazine rings is 1. The van der Waals surface area contributed by atoms with Crippen molar-refractivity contribution >= 4 is 27.3 Å². The average molecular weight is 448 g/mol. The number of rotatable bonds is 6. The number of hydrogen-bond donors (Lipinski definition) is 0. The van der Waals surface area contributed by atoms with Gasteiger partial charge in [-0.15, -0.1) is 0 Å². The fourth-order valence-electron chi connectivity index (χ4n) is 3.32. The normalized spacial score (nSPS) is 14.9. The molecule has 0 aromatic heterocycles. The van der Waals surface area contributed by atoms with Gasteiger partial charge in [-0.2, -0.15) is 4.31 Å². The lowest BCUT2D eigenvalue weighted by Crippen LogP contribution is -2.50. The molecule has 11 nitrogen and oxygen atoms in total. The summed E-state index contributed by atoms with van der Waals surface area (Å²) in [6, 6.07) is 9.39. The number of nitro groups is 2. The number of hydrogen-bond acceptors (Lipinski definition) is 7. The first-order valence-corrected chi connectivity index (χ1v) is 10.8. The van der Waals surface area contributed by atoms with Gasteiger partial charge in [0.15, 0.2) is 0 Å². The Labute approximate surface area is 178 Å². The second-order valence-electron chi connectivity index (χ2n) is 7.09. The molecule has 0 radical (unpaired) electrons. The Bertz CT molecular complexity index is 1120. The van der Waals surface area contributed by atoms with Crippen LogP contribution in [0.4, 0.5) is 11.4 Å². The van der Waals surface area contributed by atoms with Crippen LogP contribution < -0.4 is 0 Å². The molecular formula is C19H20N4O7S. The van der Waals surface area contributed by atoms with E-state index in [1.807, 2.05) is 0 Å². The second-order valence-corrected chi connectivity index (χ2v) is 9.00. The maximum atomic E-state index is 13.0. The molecule has 0 N–H and O–H groups in total. The number of carbonyl (C=O) groups excluding carboxylic acids is 1. The molecule has 1 amide bonds. The van der Waals surface area contributed by atoms with Gasteiger partial charge in [-0.3, -0.25) is 25.0 Å². The lowest BCUT2D eigenvalue weighted by atomic mass is 10.1. The van der Waals surface area contributed by atoms with Crippen LogP contribution in [0.3, 0.4) is 0 Å². The largest absolute Gasteiger partial charge is 0.340 e. The molecule has 0 unspecified atom stereocenters. The Hall–Kier alpha value is -3.38. The number of sulfonamides is 1. The number of aryl methyl sites for hydroxylation is 1. The molecule has 0 saturated carbocycles. The predicted octanol–water partition coefficient (Wildman–Crippen LogP) is 1.89. The van der Waals surface area contributed by atoms with Crippen LogP contribution in [0.15, 0.2) is 47.4 Å². The van der Waals surface area contributed by atoms with E-state index in [2.05, 4.69) is 0 Å². The third-order valence-electron chi connectivity index (χ3n) is 5.09. The summed E-state index contributed by atoms with van der Waals surface area (Å²) in [7, 11) is -3.94. The molecule has 164 valence electrons. The molecule has 0 bridgehead atoms. The molecule has 1 heterocycles. The zero-order chi connectivity index (χ0) is 22.8. The molecule has 12 heteroatoms. The van der Waals surface area contributed by atoms with Gasteiger partial charge >= 0.3 is 0 Å². The van der Waals surface area contributed by atoms with Crippen LogP contribution in [0.2, 0.25) is 0 Å². The van der Waals surface area contributed by atoms with E-state index < -0.39 is 19.9 Å². The summed E-state index contributed by atoms with van der Waals surface area (Å²) in [4.78, 5) is 34.5. The van der Waals surface area contributed by atoms with Gasteiger partial charge in [-0.25, -0.2) is 8.42 Å². The Morgan fingerprint density at radius 3 is 2.03 bits per heavy atom. The van der Waals surface area contributed by atoms with Crippen LogP contribution in [-0.2, 0) is 21.2 Å².